The third-order valence-electron chi connectivity index (χ3n) is 3.58. The van der Waals surface area contributed by atoms with Gasteiger partial charge in [0, 0.05) is 23.1 Å². The van der Waals surface area contributed by atoms with Gasteiger partial charge in [-0.1, -0.05) is 31.2 Å². The predicted octanol–water partition coefficient (Wildman–Crippen LogP) is 4.92. The molecule has 0 saturated carbocycles. The van der Waals surface area contributed by atoms with Gasteiger partial charge in [0.25, 0.3) is 0 Å². The maximum atomic E-state index is 11.6. The van der Waals surface area contributed by atoms with Gasteiger partial charge in [-0.05, 0) is 30.7 Å². The van der Waals surface area contributed by atoms with Crippen LogP contribution >= 0.6 is 11.3 Å². The highest BCUT2D eigenvalue weighted by molar-refractivity contribution is 7.13. The first kappa shape index (κ1) is 16.2. The van der Waals surface area contributed by atoms with E-state index in [-0.39, 0.29) is 11.7 Å². The maximum Gasteiger partial charge on any atom is 0.224 e. The van der Waals surface area contributed by atoms with Gasteiger partial charge >= 0.3 is 0 Å². The highest BCUT2D eigenvalue weighted by atomic mass is 32.1. The van der Waals surface area contributed by atoms with Crippen molar-refractivity contribution in [3.63, 3.8) is 0 Å². The molecule has 0 aliphatic rings. The molecule has 0 fully saturated rings. The number of hydrogen-bond acceptors (Lipinski definition) is 4. The number of aromatic nitrogens is 1. The number of anilines is 1. The Balaban J connectivity index is 1.78. The van der Waals surface area contributed by atoms with E-state index >= 15 is 0 Å². The monoisotopic (exact) mass is 338 g/mol. The largest absolute Gasteiger partial charge is 0.507 e. The molecule has 1 heterocycles. The molecule has 0 spiro atoms. The Morgan fingerprint density at radius 3 is 2.62 bits per heavy atom. The van der Waals surface area contributed by atoms with Crippen LogP contribution in [0, 0.1) is 0 Å². The number of nitrogens with one attached hydrogen (secondary N) is 1. The second kappa shape index (κ2) is 7.27. The average molecular weight is 338 g/mol. The van der Waals surface area contributed by atoms with Crippen molar-refractivity contribution in [2.24, 2.45) is 0 Å². The lowest BCUT2D eigenvalue weighted by Gasteiger charge is -2.05. The molecule has 0 unspecified atom stereocenters. The first-order chi connectivity index (χ1) is 11.7. The Labute approximate surface area is 144 Å². The summed E-state index contributed by atoms with van der Waals surface area (Å²) in [5.41, 5.74) is 3.34. The number of carbonyl (C=O) groups excluding carboxylic acids is 1. The Hall–Kier alpha value is -2.66. The minimum absolute atomic E-state index is 0.0285. The van der Waals surface area contributed by atoms with Gasteiger partial charge in [0.05, 0.1) is 11.3 Å². The molecule has 5 heteroatoms. The summed E-state index contributed by atoms with van der Waals surface area (Å²) in [5, 5.41) is 15.6. The molecule has 2 aromatic carbocycles. The number of benzene rings is 2. The number of nitrogens with zero attached hydrogens (tertiary/aromatic N) is 1. The fourth-order valence-corrected chi connectivity index (χ4v) is 3.22. The van der Waals surface area contributed by atoms with E-state index < -0.39 is 0 Å². The fourth-order valence-electron chi connectivity index (χ4n) is 2.36. The van der Waals surface area contributed by atoms with Crippen molar-refractivity contribution >= 4 is 22.9 Å². The van der Waals surface area contributed by atoms with E-state index in [4.69, 9.17) is 0 Å². The molecule has 1 aromatic heterocycles. The number of rotatable bonds is 5. The summed E-state index contributed by atoms with van der Waals surface area (Å²) in [7, 11) is 0. The van der Waals surface area contributed by atoms with Gasteiger partial charge in [-0.15, -0.1) is 11.3 Å². The van der Waals surface area contributed by atoms with Gasteiger partial charge in [-0.2, -0.15) is 0 Å². The Morgan fingerprint density at radius 1 is 1.17 bits per heavy atom. The normalized spacial score (nSPS) is 10.5. The molecular weight excluding hydrogens is 320 g/mol. The average Bonchev–Trinajstić information content (AvgIpc) is 3.06. The summed E-state index contributed by atoms with van der Waals surface area (Å²) >= 11 is 1.49. The fraction of sp³-hybridized carbons (Fsp3) is 0.158. The second-order valence-electron chi connectivity index (χ2n) is 5.43. The Kier molecular flexibility index (Phi) is 4.91. The van der Waals surface area contributed by atoms with Crippen LogP contribution in [0.1, 0.15) is 19.8 Å². The summed E-state index contributed by atoms with van der Waals surface area (Å²) in [6.07, 6.45) is 1.36. The van der Waals surface area contributed by atoms with Crippen molar-refractivity contribution < 1.29 is 9.90 Å². The Bertz CT molecular complexity index is 841. The quantitative estimate of drug-likeness (QED) is 0.694. The number of para-hydroxylation sites is 1. The maximum absolute atomic E-state index is 11.6. The molecule has 3 aromatic rings. The number of aromatic hydroxyl groups is 1. The standard InChI is InChI=1S/C19H18N2O2S/c1-2-5-18(23)20-14-10-8-13(9-11-14)16-12-24-19(21-16)15-6-3-4-7-17(15)22/h3-4,6-12,22H,2,5H2,1H3,(H,20,23). The number of amides is 1. The second-order valence-corrected chi connectivity index (χ2v) is 6.29. The van der Waals surface area contributed by atoms with E-state index in [1.165, 1.54) is 11.3 Å². The molecule has 0 aliphatic heterocycles. The molecule has 0 saturated heterocycles. The van der Waals surface area contributed by atoms with Crippen LogP contribution < -0.4 is 5.32 Å². The molecule has 0 aliphatic carbocycles. The van der Waals surface area contributed by atoms with Crippen molar-refractivity contribution in [1.82, 2.24) is 4.98 Å². The summed E-state index contributed by atoms with van der Waals surface area (Å²) in [6.45, 7) is 1.98. The molecule has 0 radical (unpaired) electrons. The number of thiazole rings is 1. The van der Waals surface area contributed by atoms with E-state index in [1.54, 1.807) is 12.1 Å². The smallest absolute Gasteiger partial charge is 0.224 e. The van der Waals surface area contributed by atoms with E-state index in [0.29, 0.717) is 6.42 Å². The zero-order valence-electron chi connectivity index (χ0n) is 13.3. The molecule has 122 valence electrons. The third-order valence-corrected chi connectivity index (χ3v) is 4.46. The number of carbonyl (C=O) groups is 1. The first-order valence-electron chi connectivity index (χ1n) is 7.81. The lowest BCUT2D eigenvalue weighted by atomic mass is 10.1. The lowest BCUT2D eigenvalue weighted by Crippen LogP contribution is -2.10. The molecular formula is C19H18N2O2S. The number of phenolic OH excluding ortho intramolecular Hbond substituents is 1. The van der Waals surface area contributed by atoms with Crippen molar-refractivity contribution in [3.05, 3.63) is 53.9 Å². The highest BCUT2D eigenvalue weighted by Gasteiger charge is 2.10. The minimum Gasteiger partial charge on any atom is -0.507 e. The van der Waals surface area contributed by atoms with Gasteiger partial charge in [0.1, 0.15) is 10.8 Å². The molecule has 24 heavy (non-hydrogen) atoms. The number of phenols is 1. The van der Waals surface area contributed by atoms with Crippen LogP contribution in [-0.4, -0.2) is 16.0 Å². The molecule has 3 rings (SSSR count). The van der Waals surface area contributed by atoms with Crippen LogP contribution in [0.4, 0.5) is 5.69 Å². The van der Waals surface area contributed by atoms with Crippen molar-refractivity contribution in [3.8, 4) is 27.6 Å². The summed E-state index contributed by atoms with van der Waals surface area (Å²) in [4.78, 5) is 16.2. The predicted molar refractivity (Wildman–Crippen MR) is 98.2 cm³/mol. The van der Waals surface area contributed by atoms with Crippen molar-refractivity contribution in [2.45, 2.75) is 19.8 Å². The number of hydrogen-bond donors (Lipinski definition) is 2. The Morgan fingerprint density at radius 2 is 1.92 bits per heavy atom. The van der Waals surface area contributed by atoms with Crippen LogP contribution in [0.2, 0.25) is 0 Å². The molecule has 2 N–H and O–H groups in total. The van der Waals surface area contributed by atoms with Crippen LogP contribution in [0.15, 0.2) is 53.9 Å². The van der Waals surface area contributed by atoms with Crippen LogP contribution in [0.5, 0.6) is 5.75 Å². The molecule has 0 bridgehead atoms. The first-order valence-corrected chi connectivity index (χ1v) is 8.69. The third kappa shape index (κ3) is 3.63. The van der Waals surface area contributed by atoms with Gasteiger partial charge in [-0.3, -0.25) is 4.79 Å². The van der Waals surface area contributed by atoms with Gasteiger partial charge in [0.2, 0.25) is 5.91 Å². The summed E-state index contributed by atoms with van der Waals surface area (Å²) in [5.74, 6) is 0.258. The van der Waals surface area contributed by atoms with Gasteiger partial charge < -0.3 is 10.4 Å². The van der Waals surface area contributed by atoms with E-state index in [9.17, 15) is 9.90 Å². The zero-order valence-corrected chi connectivity index (χ0v) is 14.1. The minimum atomic E-state index is 0.0285. The lowest BCUT2D eigenvalue weighted by molar-refractivity contribution is -0.116. The van der Waals surface area contributed by atoms with Crippen molar-refractivity contribution in [1.29, 1.82) is 0 Å². The molecule has 0 atom stereocenters. The molecule has 4 nitrogen and oxygen atoms in total. The van der Waals surface area contributed by atoms with E-state index in [1.807, 2.05) is 48.7 Å². The highest BCUT2D eigenvalue weighted by Crippen LogP contribution is 2.33. The van der Waals surface area contributed by atoms with Crippen LogP contribution in [0.25, 0.3) is 21.8 Å². The van der Waals surface area contributed by atoms with E-state index in [2.05, 4.69) is 10.3 Å². The topological polar surface area (TPSA) is 62.2 Å². The molecule has 1 amide bonds. The summed E-state index contributed by atoms with van der Waals surface area (Å²) < 4.78 is 0. The zero-order chi connectivity index (χ0) is 16.9. The van der Waals surface area contributed by atoms with Gasteiger partial charge in [-0.25, -0.2) is 4.98 Å². The van der Waals surface area contributed by atoms with Crippen molar-refractivity contribution in [2.75, 3.05) is 5.32 Å². The SMILES string of the molecule is CCCC(=O)Nc1ccc(-c2csc(-c3ccccc3O)n2)cc1. The summed E-state index contributed by atoms with van der Waals surface area (Å²) in [6, 6.07) is 14.8. The van der Waals surface area contributed by atoms with Gasteiger partial charge in [0.15, 0.2) is 0 Å². The van der Waals surface area contributed by atoms with Crippen LogP contribution in [-0.2, 0) is 4.79 Å². The van der Waals surface area contributed by atoms with Crippen LogP contribution in [0.3, 0.4) is 0 Å². The van der Waals surface area contributed by atoms with E-state index in [0.717, 1.165) is 33.9 Å².